The fraction of sp³-hybridized carbons (Fsp3) is 0.148. The summed E-state index contributed by atoms with van der Waals surface area (Å²) in [6.45, 7) is 1.18. The molecule has 4 heteroatoms. The van der Waals surface area contributed by atoms with Gasteiger partial charge in [0.25, 0.3) is 0 Å². The first-order valence-corrected chi connectivity index (χ1v) is 10.7. The third kappa shape index (κ3) is 3.30. The normalized spacial score (nSPS) is 17.6. The SMILES string of the molecule is c1ccc(N2N=C(c3ccc4c(c3)OCCO4)CC2c2ccc3ccccc3c2)cc1. The van der Waals surface area contributed by atoms with Gasteiger partial charge in [0.15, 0.2) is 11.5 Å². The topological polar surface area (TPSA) is 34.1 Å². The summed E-state index contributed by atoms with van der Waals surface area (Å²) < 4.78 is 11.5. The minimum atomic E-state index is 0.134. The Bertz CT molecular complexity index is 1280. The summed E-state index contributed by atoms with van der Waals surface area (Å²) in [5.41, 5.74) is 4.49. The monoisotopic (exact) mass is 406 g/mol. The number of benzene rings is 4. The first-order chi connectivity index (χ1) is 15.3. The van der Waals surface area contributed by atoms with Crippen molar-refractivity contribution in [2.45, 2.75) is 12.5 Å². The van der Waals surface area contributed by atoms with Gasteiger partial charge in [-0.3, -0.25) is 5.01 Å². The molecule has 1 atom stereocenters. The van der Waals surface area contributed by atoms with Crippen molar-refractivity contribution in [2.75, 3.05) is 18.2 Å². The summed E-state index contributed by atoms with van der Waals surface area (Å²) in [6.07, 6.45) is 0.826. The van der Waals surface area contributed by atoms with E-state index in [0.29, 0.717) is 13.2 Å². The van der Waals surface area contributed by atoms with Gasteiger partial charge in [-0.2, -0.15) is 5.10 Å². The number of rotatable bonds is 3. The van der Waals surface area contributed by atoms with Crippen molar-refractivity contribution < 1.29 is 9.47 Å². The van der Waals surface area contributed by atoms with E-state index in [9.17, 15) is 0 Å². The molecule has 0 radical (unpaired) electrons. The van der Waals surface area contributed by atoms with Crippen molar-refractivity contribution >= 4 is 22.2 Å². The Kier molecular flexibility index (Phi) is 4.34. The lowest BCUT2D eigenvalue weighted by atomic mass is 9.96. The molecule has 2 aliphatic rings. The maximum atomic E-state index is 5.80. The van der Waals surface area contributed by atoms with Crippen LogP contribution in [0.1, 0.15) is 23.6 Å². The van der Waals surface area contributed by atoms with E-state index in [1.165, 1.54) is 16.3 Å². The molecular weight excluding hydrogens is 384 g/mol. The summed E-state index contributed by atoms with van der Waals surface area (Å²) in [5.74, 6) is 1.60. The van der Waals surface area contributed by atoms with Crippen molar-refractivity contribution in [1.82, 2.24) is 0 Å². The highest BCUT2D eigenvalue weighted by Crippen LogP contribution is 2.39. The standard InChI is InChI=1S/C27H22N2O2/c1-2-8-23(9-3-1)29-25(22-11-10-19-6-4-5-7-20(19)16-22)18-24(28-29)21-12-13-26-27(17-21)31-15-14-30-26/h1-13,16-17,25H,14-15,18H2. The van der Waals surface area contributed by atoms with Crippen LogP contribution in [0.2, 0.25) is 0 Å². The van der Waals surface area contributed by atoms with E-state index in [1.807, 2.05) is 12.1 Å². The van der Waals surface area contributed by atoms with Gasteiger partial charge in [-0.15, -0.1) is 0 Å². The molecule has 0 saturated carbocycles. The van der Waals surface area contributed by atoms with Crippen molar-refractivity contribution in [3.63, 3.8) is 0 Å². The van der Waals surface area contributed by atoms with Crippen molar-refractivity contribution in [3.8, 4) is 11.5 Å². The highest BCUT2D eigenvalue weighted by Gasteiger charge is 2.30. The smallest absolute Gasteiger partial charge is 0.162 e. The zero-order valence-corrected chi connectivity index (χ0v) is 17.1. The molecule has 0 spiro atoms. The number of para-hydroxylation sites is 1. The number of ether oxygens (including phenoxy) is 2. The Labute approximate surface area is 181 Å². The molecule has 0 aliphatic carbocycles. The molecule has 4 aromatic rings. The zero-order valence-electron chi connectivity index (χ0n) is 17.1. The van der Waals surface area contributed by atoms with Crippen LogP contribution in [0.3, 0.4) is 0 Å². The Morgan fingerprint density at radius 1 is 0.710 bits per heavy atom. The Hall–Kier alpha value is -3.79. The molecule has 2 aliphatic heterocycles. The van der Waals surface area contributed by atoms with Crippen LogP contribution in [-0.4, -0.2) is 18.9 Å². The average molecular weight is 406 g/mol. The van der Waals surface area contributed by atoms with Crippen LogP contribution in [0.4, 0.5) is 5.69 Å². The molecular formula is C27H22N2O2. The number of fused-ring (bicyclic) bond motifs is 2. The molecule has 152 valence electrons. The summed E-state index contributed by atoms with van der Waals surface area (Å²) in [4.78, 5) is 0. The van der Waals surface area contributed by atoms with Crippen molar-refractivity contribution in [1.29, 1.82) is 0 Å². The lowest BCUT2D eigenvalue weighted by Crippen LogP contribution is -2.18. The maximum absolute atomic E-state index is 5.80. The Balaban J connectivity index is 1.41. The molecule has 0 saturated heterocycles. The number of hydrogen-bond acceptors (Lipinski definition) is 4. The van der Waals surface area contributed by atoms with E-state index in [2.05, 4.69) is 83.9 Å². The van der Waals surface area contributed by atoms with Crippen molar-refractivity contribution in [2.24, 2.45) is 5.10 Å². The van der Waals surface area contributed by atoms with Crippen LogP contribution >= 0.6 is 0 Å². The Morgan fingerprint density at radius 2 is 1.48 bits per heavy atom. The van der Waals surface area contributed by atoms with Crippen LogP contribution < -0.4 is 14.5 Å². The van der Waals surface area contributed by atoms with E-state index < -0.39 is 0 Å². The van der Waals surface area contributed by atoms with Crippen LogP contribution in [0.5, 0.6) is 11.5 Å². The highest BCUT2D eigenvalue weighted by molar-refractivity contribution is 6.04. The van der Waals surface area contributed by atoms with Gasteiger partial charge in [-0.05, 0) is 52.7 Å². The molecule has 1 unspecified atom stereocenters. The summed E-state index contributed by atoms with van der Waals surface area (Å²) >= 11 is 0. The van der Waals surface area contributed by atoms with E-state index in [1.54, 1.807) is 0 Å². The van der Waals surface area contributed by atoms with Crippen molar-refractivity contribution in [3.05, 3.63) is 102 Å². The molecule has 0 amide bonds. The highest BCUT2D eigenvalue weighted by atomic mass is 16.6. The van der Waals surface area contributed by atoms with Crippen LogP contribution in [0.25, 0.3) is 10.8 Å². The first kappa shape index (κ1) is 18.0. The van der Waals surface area contributed by atoms with E-state index in [-0.39, 0.29) is 6.04 Å². The minimum absolute atomic E-state index is 0.134. The molecule has 2 heterocycles. The molecule has 6 rings (SSSR count). The van der Waals surface area contributed by atoms with Crippen LogP contribution in [0.15, 0.2) is 96.1 Å². The maximum Gasteiger partial charge on any atom is 0.162 e. The number of hydrogen-bond donors (Lipinski definition) is 0. The van der Waals surface area contributed by atoms with Gasteiger partial charge >= 0.3 is 0 Å². The number of anilines is 1. The van der Waals surface area contributed by atoms with Crippen LogP contribution in [0, 0.1) is 0 Å². The number of hydrazone groups is 1. The van der Waals surface area contributed by atoms with Gasteiger partial charge < -0.3 is 9.47 Å². The minimum Gasteiger partial charge on any atom is -0.486 e. The molecule has 0 aromatic heterocycles. The van der Waals surface area contributed by atoms with Gasteiger partial charge in [0.05, 0.1) is 17.4 Å². The lowest BCUT2D eigenvalue weighted by Gasteiger charge is -2.24. The predicted molar refractivity (Wildman–Crippen MR) is 124 cm³/mol. The van der Waals surface area contributed by atoms with Gasteiger partial charge in [0, 0.05) is 12.0 Å². The Morgan fingerprint density at radius 3 is 2.35 bits per heavy atom. The summed E-state index contributed by atoms with van der Waals surface area (Å²) in [5, 5.41) is 9.72. The first-order valence-electron chi connectivity index (χ1n) is 10.7. The van der Waals surface area contributed by atoms with Gasteiger partial charge in [0.1, 0.15) is 13.2 Å². The van der Waals surface area contributed by atoms with E-state index >= 15 is 0 Å². The molecule has 4 aromatic carbocycles. The summed E-state index contributed by atoms with van der Waals surface area (Å²) in [7, 11) is 0. The van der Waals surface area contributed by atoms with Gasteiger partial charge in [-0.1, -0.05) is 54.6 Å². The fourth-order valence-electron chi connectivity index (χ4n) is 4.40. The quantitative estimate of drug-likeness (QED) is 0.421. The second-order valence-electron chi connectivity index (χ2n) is 7.91. The largest absolute Gasteiger partial charge is 0.486 e. The second kappa shape index (κ2) is 7.47. The molecule has 0 N–H and O–H groups in total. The molecule has 31 heavy (non-hydrogen) atoms. The second-order valence-corrected chi connectivity index (χ2v) is 7.91. The molecule has 0 bridgehead atoms. The molecule has 4 nitrogen and oxygen atoms in total. The third-order valence-electron chi connectivity index (χ3n) is 5.96. The zero-order chi connectivity index (χ0) is 20.6. The number of nitrogens with zero attached hydrogens (tertiary/aromatic N) is 2. The third-order valence-corrected chi connectivity index (χ3v) is 5.96. The van der Waals surface area contributed by atoms with E-state index in [4.69, 9.17) is 14.6 Å². The fourth-order valence-corrected chi connectivity index (χ4v) is 4.40. The van der Waals surface area contributed by atoms with Gasteiger partial charge in [-0.25, -0.2) is 0 Å². The lowest BCUT2D eigenvalue weighted by molar-refractivity contribution is 0.171. The van der Waals surface area contributed by atoms with E-state index in [0.717, 1.165) is 34.9 Å². The summed E-state index contributed by atoms with van der Waals surface area (Å²) in [6, 6.07) is 31.9. The van der Waals surface area contributed by atoms with Crippen LogP contribution in [-0.2, 0) is 0 Å². The van der Waals surface area contributed by atoms with Gasteiger partial charge in [0.2, 0.25) is 0 Å². The predicted octanol–water partition coefficient (Wildman–Crippen LogP) is 5.97. The average Bonchev–Trinajstić information content (AvgIpc) is 3.30. The molecule has 0 fully saturated rings.